The lowest BCUT2D eigenvalue weighted by Gasteiger charge is -2.29. The molecule has 1 aromatic heterocycles. The molecule has 5 heteroatoms. The van der Waals surface area contributed by atoms with Crippen LogP contribution in [0.25, 0.3) is 0 Å². The summed E-state index contributed by atoms with van der Waals surface area (Å²) in [5.74, 6) is 0.813. The molecule has 1 fully saturated rings. The van der Waals surface area contributed by atoms with Crippen molar-refractivity contribution in [1.29, 1.82) is 0 Å². The van der Waals surface area contributed by atoms with Crippen LogP contribution in [0.3, 0.4) is 0 Å². The fourth-order valence-corrected chi connectivity index (χ4v) is 2.31. The zero-order valence-electron chi connectivity index (χ0n) is 9.97. The smallest absolute Gasteiger partial charge is 0.0967 e. The van der Waals surface area contributed by atoms with E-state index >= 15 is 0 Å². The van der Waals surface area contributed by atoms with E-state index in [-0.39, 0.29) is 0 Å². The number of piperidine rings is 1. The van der Waals surface area contributed by atoms with Gasteiger partial charge in [0, 0.05) is 25.8 Å². The van der Waals surface area contributed by atoms with E-state index in [9.17, 15) is 0 Å². The third kappa shape index (κ3) is 3.02. The molecule has 1 saturated heterocycles. The van der Waals surface area contributed by atoms with E-state index in [1.54, 1.807) is 0 Å². The van der Waals surface area contributed by atoms with Gasteiger partial charge in [-0.1, -0.05) is 12.1 Å². The maximum absolute atomic E-state index is 5.47. The van der Waals surface area contributed by atoms with E-state index in [4.69, 9.17) is 5.73 Å². The number of aromatic nitrogens is 3. The number of nitrogens with two attached hydrogens (primary N) is 1. The van der Waals surface area contributed by atoms with Crippen LogP contribution in [-0.4, -0.2) is 39.5 Å². The first-order valence-electron chi connectivity index (χ1n) is 6.09. The van der Waals surface area contributed by atoms with Gasteiger partial charge < -0.3 is 5.73 Å². The highest BCUT2D eigenvalue weighted by atomic mass is 15.4. The van der Waals surface area contributed by atoms with Crippen molar-refractivity contribution in [2.75, 3.05) is 19.6 Å². The van der Waals surface area contributed by atoms with Crippen LogP contribution in [0.5, 0.6) is 0 Å². The van der Waals surface area contributed by atoms with Gasteiger partial charge in [-0.15, -0.1) is 5.10 Å². The van der Waals surface area contributed by atoms with Crippen molar-refractivity contribution in [1.82, 2.24) is 19.9 Å². The summed E-state index contributed by atoms with van der Waals surface area (Å²) in [6, 6.07) is 0. The lowest BCUT2D eigenvalue weighted by atomic mass is 10.0. The summed E-state index contributed by atoms with van der Waals surface area (Å²) in [5, 5.41) is 8.22. The van der Waals surface area contributed by atoms with Crippen molar-refractivity contribution in [3.63, 3.8) is 0 Å². The molecule has 2 N–H and O–H groups in total. The van der Waals surface area contributed by atoms with Gasteiger partial charge >= 0.3 is 0 Å². The first-order chi connectivity index (χ1) is 7.78. The molecule has 5 nitrogen and oxygen atoms in total. The largest absolute Gasteiger partial charge is 0.329 e. The fraction of sp³-hybridized carbons (Fsp3) is 0.818. The molecule has 0 bridgehead atoms. The van der Waals surface area contributed by atoms with Gasteiger partial charge in [0.2, 0.25) is 0 Å². The van der Waals surface area contributed by atoms with E-state index in [0.29, 0.717) is 6.54 Å². The monoisotopic (exact) mass is 223 g/mol. The minimum Gasteiger partial charge on any atom is -0.329 e. The lowest BCUT2D eigenvalue weighted by molar-refractivity contribution is 0.175. The molecule has 2 rings (SSSR count). The Morgan fingerprint density at radius 1 is 1.56 bits per heavy atom. The first-order valence-corrected chi connectivity index (χ1v) is 6.09. The maximum atomic E-state index is 5.47. The average Bonchev–Trinajstić information content (AvgIpc) is 2.66. The van der Waals surface area contributed by atoms with E-state index in [1.165, 1.54) is 25.9 Å². The molecule has 2 heterocycles. The SMILES string of the molecule is CC1CCCN(Cc2cn(CCN)nn2)C1. The second-order valence-corrected chi connectivity index (χ2v) is 4.74. The Morgan fingerprint density at radius 3 is 3.19 bits per heavy atom. The Balaban J connectivity index is 1.87. The molecule has 1 atom stereocenters. The van der Waals surface area contributed by atoms with Crippen molar-refractivity contribution in [3.05, 3.63) is 11.9 Å². The fourth-order valence-electron chi connectivity index (χ4n) is 2.31. The Kier molecular flexibility index (Phi) is 3.90. The minimum atomic E-state index is 0.615. The van der Waals surface area contributed by atoms with E-state index in [0.717, 1.165) is 24.7 Å². The number of likely N-dealkylation sites (tertiary alicyclic amines) is 1. The van der Waals surface area contributed by atoms with Gasteiger partial charge in [-0.2, -0.15) is 0 Å². The topological polar surface area (TPSA) is 60.0 Å². The molecule has 0 saturated carbocycles. The first kappa shape index (κ1) is 11.5. The molecule has 0 aromatic carbocycles. The Labute approximate surface area is 96.6 Å². The van der Waals surface area contributed by atoms with Gasteiger partial charge in [0.15, 0.2) is 0 Å². The molecular weight excluding hydrogens is 202 g/mol. The molecule has 0 aliphatic carbocycles. The number of hydrogen-bond donors (Lipinski definition) is 1. The molecule has 0 spiro atoms. The Hall–Kier alpha value is -0.940. The van der Waals surface area contributed by atoms with Crippen molar-refractivity contribution >= 4 is 0 Å². The lowest BCUT2D eigenvalue weighted by Crippen LogP contribution is -2.33. The van der Waals surface area contributed by atoms with Crippen molar-refractivity contribution in [2.24, 2.45) is 11.7 Å². The average molecular weight is 223 g/mol. The van der Waals surface area contributed by atoms with Gasteiger partial charge in [0.05, 0.1) is 12.2 Å². The molecule has 0 amide bonds. The van der Waals surface area contributed by atoms with E-state index in [2.05, 4.69) is 22.1 Å². The summed E-state index contributed by atoms with van der Waals surface area (Å²) in [6.07, 6.45) is 4.67. The van der Waals surface area contributed by atoms with Gasteiger partial charge in [-0.3, -0.25) is 9.58 Å². The third-order valence-electron chi connectivity index (χ3n) is 3.07. The maximum Gasteiger partial charge on any atom is 0.0967 e. The molecular formula is C11H21N5. The molecule has 16 heavy (non-hydrogen) atoms. The molecule has 1 aromatic rings. The van der Waals surface area contributed by atoms with Gasteiger partial charge in [0.1, 0.15) is 0 Å². The van der Waals surface area contributed by atoms with Crippen LogP contribution in [0.1, 0.15) is 25.5 Å². The number of nitrogens with zero attached hydrogens (tertiary/aromatic N) is 4. The highest BCUT2D eigenvalue weighted by Crippen LogP contribution is 2.16. The van der Waals surface area contributed by atoms with Gasteiger partial charge in [0.25, 0.3) is 0 Å². The molecule has 1 aliphatic rings. The van der Waals surface area contributed by atoms with Gasteiger partial charge in [-0.05, 0) is 25.3 Å². The standard InChI is InChI=1S/C11H21N5/c1-10-3-2-5-15(7-10)8-11-9-16(6-4-12)14-13-11/h9-10H,2-8,12H2,1H3. The summed E-state index contributed by atoms with van der Waals surface area (Å²) >= 11 is 0. The molecule has 1 unspecified atom stereocenters. The highest BCUT2D eigenvalue weighted by molar-refractivity contribution is 4.93. The summed E-state index contributed by atoms with van der Waals surface area (Å²) in [5.41, 5.74) is 6.53. The molecule has 0 radical (unpaired) electrons. The number of hydrogen-bond acceptors (Lipinski definition) is 4. The van der Waals surface area contributed by atoms with E-state index < -0.39 is 0 Å². The van der Waals surface area contributed by atoms with Crippen molar-refractivity contribution < 1.29 is 0 Å². The Morgan fingerprint density at radius 2 is 2.44 bits per heavy atom. The van der Waals surface area contributed by atoms with Crippen LogP contribution in [0.2, 0.25) is 0 Å². The van der Waals surface area contributed by atoms with E-state index in [1.807, 2.05) is 10.9 Å². The Bertz CT molecular complexity index is 322. The predicted octanol–water partition coefficient (Wildman–Crippen LogP) is 0.469. The minimum absolute atomic E-state index is 0.615. The summed E-state index contributed by atoms with van der Waals surface area (Å²) in [7, 11) is 0. The van der Waals surface area contributed by atoms with Crippen LogP contribution in [0.15, 0.2) is 6.20 Å². The van der Waals surface area contributed by atoms with Crippen molar-refractivity contribution in [2.45, 2.75) is 32.9 Å². The zero-order chi connectivity index (χ0) is 11.4. The van der Waals surface area contributed by atoms with Gasteiger partial charge in [-0.25, -0.2) is 0 Å². The summed E-state index contributed by atoms with van der Waals surface area (Å²) in [4.78, 5) is 2.46. The highest BCUT2D eigenvalue weighted by Gasteiger charge is 2.17. The quantitative estimate of drug-likeness (QED) is 0.806. The number of rotatable bonds is 4. The summed E-state index contributed by atoms with van der Waals surface area (Å²) in [6.45, 7) is 6.98. The summed E-state index contributed by atoms with van der Waals surface area (Å²) < 4.78 is 1.82. The normalized spacial score (nSPS) is 22.5. The van der Waals surface area contributed by atoms with Crippen LogP contribution >= 0.6 is 0 Å². The van der Waals surface area contributed by atoms with Crippen LogP contribution in [-0.2, 0) is 13.1 Å². The van der Waals surface area contributed by atoms with Crippen molar-refractivity contribution in [3.8, 4) is 0 Å². The zero-order valence-corrected chi connectivity index (χ0v) is 9.97. The molecule has 1 aliphatic heterocycles. The second-order valence-electron chi connectivity index (χ2n) is 4.74. The molecule has 90 valence electrons. The van der Waals surface area contributed by atoms with Crippen LogP contribution in [0, 0.1) is 5.92 Å². The van der Waals surface area contributed by atoms with Crippen LogP contribution in [0.4, 0.5) is 0 Å². The third-order valence-corrected chi connectivity index (χ3v) is 3.07. The predicted molar refractivity (Wildman–Crippen MR) is 62.8 cm³/mol. The van der Waals surface area contributed by atoms with Crippen LogP contribution < -0.4 is 5.73 Å². The second kappa shape index (κ2) is 5.41.